The van der Waals surface area contributed by atoms with Gasteiger partial charge < -0.3 is 5.32 Å². The highest BCUT2D eigenvalue weighted by molar-refractivity contribution is 5.36. The van der Waals surface area contributed by atoms with Gasteiger partial charge in [-0.15, -0.1) is 0 Å². The highest BCUT2D eigenvalue weighted by Gasteiger charge is 2.08. The van der Waals surface area contributed by atoms with Gasteiger partial charge in [-0.1, -0.05) is 32.9 Å². The number of benzene rings is 1. The Morgan fingerprint density at radius 3 is 2.65 bits per heavy atom. The highest BCUT2D eigenvalue weighted by Crippen LogP contribution is 2.18. The molecule has 0 aliphatic heterocycles. The predicted molar refractivity (Wildman–Crippen MR) is 84.4 cm³/mol. The zero-order valence-corrected chi connectivity index (χ0v) is 12.9. The Morgan fingerprint density at radius 1 is 1.20 bits per heavy atom. The Balaban J connectivity index is 2.20. The first-order valence-electron chi connectivity index (χ1n) is 7.51. The van der Waals surface area contributed by atoms with Crippen LogP contribution in [0.2, 0.25) is 0 Å². The molecule has 1 aromatic carbocycles. The zero-order valence-electron chi connectivity index (χ0n) is 12.9. The molecule has 2 aromatic rings. The first-order chi connectivity index (χ1) is 9.61. The van der Waals surface area contributed by atoms with Crippen LogP contribution in [0.3, 0.4) is 0 Å². The molecular formula is C17H25N3. The molecular weight excluding hydrogens is 246 g/mol. The fourth-order valence-corrected chi connectivity index (χ4v) is 2.21. The predicted octanol–water partition coefficient (Wildman–Crippen LogP) is 4.06. The van der Waals surface area contributed by atoms with Crippen LogP contribution in [0, 0.1) is 0 Å². The molecule has 108 valence electrons. The van der Waals surface area contributed by atoms with Gasteiger partial charge in [-0.25, -0.2) is 4.68 Å². The van der Waals surface area contributed by atoms with Gasteiger partial charge in [0.25, 0.3) is 0 Å². The number of hydrogen-bond donors (Lipinski definition) is 1. The number of nitrogens with zero attached hydrogens (tertiary/aromatic N) is 2. The van der Waals surface area contributed by atoms with E-state index >= 15 is 0 Å². The molecule has 0 bridgehead atoms. The van der Waals surface area contributed by atoms with Gasteiger partial charge >= 0.3 is 0 Å². The van der Waals surface area contributed by atoms with Crippen molar-refractivity contribution in [2.75, 3.05) is 6.54 Å². The fraction of sp³-hybridized carbons (Fsp3) is 0.471. The molecule has 3 nitrogen and oxygen atoms in total. The molecule has 1 unspecified atom stereocenters. The van der Waals surface area contributed by atoms with Crippen LogP contribution < -0.4 is 5.32 Å². The van der Waals surface area contributed by atoms with Gasteiger partial charge in [-0.3, -0.25) is 0 Å². The van der Waals surface area contributed by atoms with Crippen molar-refractivity contribution in [3.8, 4) is 5.69 Å². The summed E-state index contributed by atoms with van der Waals surface area (Å²) in [5, 5.41) is 8.16. The zero-order chi connectivity index (χ0) is 14.5. The van der Waals surface area contributed by atoms with Crippen molar-refractivity contribution in [2.45, 2.75) is 46.1 Å². The minimum atomic E-state index is 0.370. The monoisotopic (exact) mass is 271 g/mol. The molecule has 3 heteroatoms. The molecule has 0 aliphatic carbocycles. The largest absolute Gasteiger partial charge is 0.310 e. The van der Waals surface area contributed by atoms with Crippen molar-refractivity contribution in [3.63, 3.8) is 0 Å². The van der Waals surface area contributed by atoms with E-state index in [4.69, 9.17) is 0 Å². The second-order valence-electron chi connectivity index (χ2n) is 5.61. The summed E-state index contributed by atoms with van der Waals surface area (Å²) in [7, 11) is 0. The van der Waals surface area contributed by atoms with E-state index in [0.29, 0.717) is 12.0 Å². The van der Waals surface area contributed by atoms with Crippen molar-refractivity contribution >= 4 is 0 Å². The van der Waals surface area contributed by atoms with Gasteiger partial charge in [0.05, 0.1) is 11.4 Å². The lowest BCUT2D eigenvalue weighted by Gasteiger charge is -2.14. The molecule has 0 amide bonds. The first-order valence-corrected chi connectivity index (χ1v) is 7.51. The SMILES string of the molecule is CCCNC(C)c1cccc(-n2ccc(C(C)C)n2)c1. The summed E-state index contributed by atoms with van der Waals surface area (Å²) in [6.45, 7) is 9.77. The van der Waals surface area contributed by atoms with Crippen LogP contribution in [0.1, 0.15) is 57.3 Å². The van der Waals surface area contributed by atoms with E-state index in [1.807, 2.05) is 10.9 Å². The smallest absolute Gasteiger partial charge is 0.0654 e. The van der Waals surface area contributed by atoms with E-state index in [9.17, 15) is 0 Å². The van der Waals surface area contributed by atoms with Crippen LogP contribution in [0.5, 0.6) is 0 Å². The summed E-state index contributed by atoms with van der Waals surface area (Å²) in [5.41, 5.74) is 3.56. The quantitative estimate of drug-likeness (QED) is 0.858. The van der Waals surface area contributed by atoms with E-state index in [0.717, 1.165) is 24.3 Å². The molecule has 0 radical (unpaired) electrons. The lowest BCUT2D eigenvalue weighted by Crippen LogP contribution is -2.19. The number of nitrogens with one attached hydrogen (secondary N) is 1. The maximum absolute atomic E-state index is 4.64. The molecule has 0 fully saturated rings. The lowest BCUT2D eigenvalue weighted by molar-refractivity contribution is 0.570. The van der Waals surface area contributed by atoms with E-state index in [-0.39, 0.29) is 0 Å². The van der Waals surface area contributed by atoms with Gasteiger partial charge in [0.1, 0.15) is 0 Å². The van der Waals surface area contributed by atoms with E-state index in [2.05, 4.69) is 68.4 Å². The number of rotatable bonds is 6. The van der Waals surface area contributed by atoms with Crippen molar-refractivity contribution in [1.82, 2.24) is 15.1 Å². The summed E-state index contributed by atoms with van der Waals surface area (Å²) in [5.74, 6) is 0.463. The van der Waals surface area contributed by atoms with Crippen molar-refractivity contribution < 1.29 is 0 Å². The normalized spacial score (nSPS) is 12.8. The molecule has 1 aromatic heterocycles. The Kier molecular flexibility index (Phi) is 4.96. The Bertz CT molecular complexity index is 543. The third-order valence-electron chi connectivity index (χ3n) is 3.54. The molecule has 1 atom stereocenters. The summed E-state index contributed by atoms with van der Waals surface area (Å²) in [6.07, 6.45) is 3.19. The molecule has 1 heterocycles. The third kappa shape index (κ3) is 3.48. The van der Waals surface area contributed by atoms with Gasteiger partial charge in [-0.2, -0.15) is 5.10 Å². The second kappa shape index (κ2) is 6.71. The van der Waals surface area contributed by atoms with Crippen molar-refractivity contribution in [3.05, 3.63) is 47.8 Å². The maximum Gasteiger partial charge on any atom is 0.0654 e. The Morgan fingerprint density at radius 2 is 2.00 bits per heavy atom. The van der Waals surface area contributed by atoms with Crippen LogP contribution in [0.25, 0.3) is 5.69 Å². The third-order valence-corrected chi connectivity index (χ3v) is 3.54. The fourth-order valence-electron chi connectivity index (χ4n) is 2.21. The molecule has 1 N–H and O–H groups in total. The number of aromatic nitrogens is 2. The maximum atomic E-state index is 4.64. The lowest BCUT2D eigenvalue weighted by atomic mass is 10.1. The standard InChI is InChI=1S/C17H25N3/c1-5-10-18-14(4)15-7-6-8-16(12-15)20-11-9-17(19-20)13(2)3/h6-9,11-14,18H,5,10H2,1-4H3. The Hall–Kier alpha value is -1.61. The average Bonchev–Trinajstić information content (AvgIpc) is 2.95. The van der Waals surface area contributed by atoms with Gasteiger partial charge in [0.15, 0.2) is 0 Å². The summed E-state index contributed by atoms with van der Waals surface area (Å²) in [6, 6.07) is 11.1. The molecule has 0 spiro atoms. The summed E-state index contributed by atoms with van der Waals surface area (Å²) >= 11 is 0. The minimum Gasteiger partial charge on any atom is -0.310 e. The van der Waals surface area contributed by atoms with Crippen LogP contribution in [-0.4, -0.2) is 16.3 Å². The van der Waals surface area contributed by atoms with Gasteiger partial charge in [-0.05, 0) is 49.6 Å². The van der Waals surface area contributed by atoms with Gasteiger partial charge in [0, 0.05) is 12.2 Å². The minimum absolute atomic E-state index is 0.370. The van der Waals surface area contributed by atoms with E-state index in [1.54, 1.807) is 0 Å². The number of hydrogen-bond acceptors (Lipinski definition) is 2. The summed E-state index contributed by atoms with van der Waals surface area (Å²) in [4.78, 5) is 0. The van der Waals surface area contributed by atoms with E-state index in [1.165, 1.54) is 5.56 Å². The second-order valence-corrected chi connectivity index (χ2v) is 5.61. The van der Waals surface area contributed by atoms with Crippen LogP contribution in [0.15, 0.2) is 36.5 Å². The Labute approximate surface area is 122 Å². The van der Waals surface area contributed by atoms with Crippen molar-refractivity contribution in [1.29, 1.82) is 0 Å². The topological polar surface area (TPSA) is 29.9 Å². The molecule has 2 rings (SSSR count). The van der Waals surface area contributed by atoms with Crippen LogP contribution in [0.4, 0.5) is 0 Å². The van der Waals surface area contributed by atoms with Crippen LogP contribution >= 0.6 is 0 Å². The summed E-state index contributed by atoms with van der Waals surface area (Å²) < 4.78 is 1.96. The van der Waals surface area contributed by atoms with E-state index < -0.39 is 0 Å². The van der Waals surface area contributed by atoms with Gasteiger partial charge in [0.2, 0.25) is 0 Å². The average molecular weight is 271 g/mol. The highest BCUT2D eigenvalue weighted by atomic mass is 15.3. The molecule has 0 saturated carbocycles. The molecule has 20 heavy (non-hydrogen) atoms. The molecule has 0 aliphatic rings. The molecule has 0 saturated heterocycles. The first kappa shape index (κ1) is 14.8. The van der Waals surface area contributed by atoms with Crippen molar-refractivity contribution in [2.24, 2.45) is 0 Å². The van der Waals surface area contributed by atoms with Crippen LogP contribution in [-0.2, 0) is 0 Å².